The summed E-state index contributed by atoms with van der Waals surface area (Å²) in [4.78, 5) is 11.1. The number of rotatable bonds is 4. The zero-order chi connectivity index (χ0) is 14.0. The Morgan fingerprint density at radius 1 is 1.42 bits per heavy atom. The first-order valence-electron chi connectivity index (χ1n) is 6.70. The highest BCUT2D eigenvalue weighted by Crippen LogP contribution is 2.36. The summed E-state index contributed by atoms with van der Waals surface area (Å²) in [6.07, 6.45) is 3.17. The molecule has 1 N–H and O–H groups in total. The lowest BCUT2D eigenvalue weighted by atomic mass is 9.79. The Kier molecular flexibility index (Phi) is 4.19. The van der Waals surface area contributed by atoms with Crippen LogP contribution in [0.2, 0.25) is 0 Å². The fraction of sp³-hybridized carbons (Fsp3) is 0.769. The first kappa shape index (κ1) is 14.0. The van der Waals surface area contributed by atoms with E-state index in [1.54, 1.807) is 11.8 Å². The smallest absolute Gasteiger partial charge is 0.358 e. The Morgan fingerprint density at radius 3 is 2.74 bits per heavy atom. The molecular weight excluding hydrogens is 246 g/mol. The maximum atomic E-state index is 11.1. The van der Waals surface area contributed by atoms with Crippen molar-refractivity contribution < 1.29 is 14.6 Å². The van der Waals surface area contributed by atoms with E-state index in [1.807, 2.05) is 0 Å². The van der Waals surface area contributed by atoms with Crippen LogP contribution in [-0.2, 0) is 11.3 Å². The van der Waals surface area contributed by atoms with Gasteiger partial charge in [-0.3, -0.25) is 0 Å². The van der Waals surface area contributed by atoms with E-state index in [4.69, 9.17) is 9.84 Å². The third-order valence-corrected chi connectivity index (χ3v) is 4.19. The average Bonchev–Trinajstić information content (AvgIpc) is 2.77. The fourth-order valence-corrected chi connectivity index (χ4v) is 2.79. The van der Waals surface area contributed by atoms with Crippen LogP contribution in [0.25, 0.3) is 0 Å². The molecule has 0 saturated heterocycles. The lowest BCUT2D eigenvalue weighted by molar-refractivity contribution is 0.0684. The average molecular weight is 267 g/mol. The Balaban J connectivity index is 2.26. The third-order valence-electron chi connectivity index (χ3n) is 4.19. The number of carboxylic acid groups (broad SMARTS) is 1. The highest BCUT2D eigenvalue weighted by atomic mass is 16.5. The molecule has 6 heteroatoms. The molecule has 2 rings (SSSR count). The van der Waals surface area contributed by atoms with Crippen molar-refractivity contribution in [1.29, 1.82) is 0 Å². The summed E-state index contributed by atoms with van der Waals surface area (Å²) in [6, 6.07) is 0.233. The molecule has 1 saturated carbocycles. The van der Waals surface area contributed by atoms with Crippen LogP contribution in [0.5, 0.6) is 0 Å². The normalized spacial score (nSPS) is 27.4. The molecule has 0 aromatic carbocycles. The second-order valence-corrected chi connectivity index (χ2v) is 5.49. The van der Waals surface area contributed by atoms with E-state index in [9.17, 15) is 4.79 Å². The molecule has 6 nitrogen and oxygen atoms in total. The summed E-state index contributed by atoms with van der Waals surface area (Å²) < 4.78 is 6.85. The van der Waals surface area contributed by atoms with Crippen LogP contribution in [0.1, 0.15) is 55.3 Å². The summed E-state index contributed by atoms with van der Waals surface area (Å²) in [6.45, 7) is 4.73. The number of carboxylic acids is 1. The molecule has 1 aliphatic rings. The van der Waals surface area contributed by atoms with Crippen molar-refractivity contribution in [3.8, 4) is 0 Å². The minimum Gasteiger partial charge on any atom is -0.476 e. The van der Waals surface area contributed by atoms with E-state index in [2.05, 4.69) is 24.2 Å². The van der Waals surface area contributed by atoms with Crippen LogP contribution in [0.3, 0.4) is 0 Å². The van der Waals surface area contributed by atoms with Crippen molar-refractivity contribution in [3.63, 3.8) is 0 Å². The van der Waals surface area contributed by atoms with E-state index in [-0.39, 0.29) is 18.3 Å². The molecule has 106 valence electrons. The minimum atomic E-state index is -1.05. The molecule has 1 aliphatic carbocycles. The zero-order valence-electron chi connectivity index (χ0n) is 11.7. The second kappa shape index (κ2) is 5.69. The number of nitrogens with zero attached hydrogens (tertiary/aromatic N) is 3. The van der Waals surface area contributed by atoms with Gasteiger partial charge < -0.3 is 9.84 Å². The SMILES string of the molecule is COCc1c(C(=O)O)nnn1C1CCC(C)C(C)C1. The first-order chi connectivity index (χ1) is 9.04. The highest BCUT2D eigenvalue weighted by Gasteiger charge is 2.29. The van der Waals surface area contributed by atoms with Crippen molar-refractivity contribution >= 4 is 5.97 Å². The Bertz CT molecular complexity index is 458. The van der Waals surface area contributed by atoms with Gasteiger partial charge in [0.2, 0.25) is 0 Å². The van der Waals surface area contributed by atoms with E-state index >= 15 is 0 Å². The topological polar surface area (TPSA) is 77.2 Å². The van der Waals surface area contributed by atoms with E-state index < -0.39 is 5.97 Å². The number of carbonyl (C=O) groups is 1. The molecule has 0 bridgehead atoms. The van der Waals surface area contributed by atoms with Gasteiger partial charge in [-0.1, -0.05) is 19.1 Å². The molecule has 0 amide bonds. The number of methoxy groups -OCH3 is 1. The predicted molar refractivity (Wildman–Crippen MR) is 68.9 cm³/mol. The van der Waals surface area contributed by atoms with Gasteiger partial charge in [0.15, 0.2) is 5.69 Å². The van der Waals surface area contributed by atoms with Crippen molar-refractivity contribution in [3.05, 3.63) is 11.4 Å². The van der Waals surface area contributed by atoms with Crippen LogP contribution < -0.4 is 0 Å². The van der Waals surface area contributed by atoms with Gasteiger partial charge in [0.25, 0.3) is 0 Å². The van der Waals surface area contributed by atoms with Gasteiger partial charge in [0, 0.05) is 7.11 Å². The molecule has 19 heavy (non-hydrogen) atoms. The van der Waals surface area contributed by atoms with Gasteiger partial charge in [0.1, 0.15) is 0 Å². The fourth-order valence-electron chi connectivity index (χ4n) is 2.79. The van der Waals surface area contributed by atoms with Crippen LogP contribution in [0.15, 0.2) is 0 Å². The molecule has 0 spiro atoms. The van der Waals surface area contributed by atoms with Gasteiger partial charge in [0.05, 0.1) is 18.3 Å². The van der Waals surface area contributed by atoms with Gasteiger partial charge in [-0.05, 0) is 31.1 Å². The molecule has 0 radical (unpaired) electrons. The van der Waals surface area contributed by atoms with Gasteiger partial charge in [-0.2, -0.15) is 0 Å². The second-order valence-electron chi connectivity index (χ2n) is 5.49. The molecule has 3 unspecified atom stereocenters. The number of aromatic carboxylic acids is 1. The molecule has 1 fully saturated rings. The van der Waals surface area contributed by atoms with E-state index in [0.717, 1.165) is 19.3 Å². The van der Waals surface area contributed by atoms with Crippen LogP contribution in [-0.4, -0.2) is 33.2 Å². The van der Waals surface area contributed by atoms with Gasteiger partial charge >= 0.3 is 5.97 Å². The standard InChI is InChI=1S/C13H21N3O3/c1-8-4-5-10(6-9(8)2)16-11(7-19-3)12(13(17)18)14-15-16/h8-10H,4-7H2,1-3H3,(H,17,18). The summed E-state index contributed by atoms with van der Waals surface area (Å²) in [7, 11) is 1.55. The van der Waals surface area contributed by atoms with Crippen LogP contribution in [0, 0.1) is 11.8 Å². The zero-order valence-corrected chi connectivity index (χ0v) is 11.7. The predicted octanol–water partition coefficient (Wildman–Crippen LogP) is 2.12. The number of hydrogen-bond donors (Lipinski definition) is 1. The first-order valence-corrected chi connectivity index (χ1v) is 6.70. The molecule has 3 atom stereocenters. The molecule has 1 aromatic rings. The van der Waals surface area contributed by atoms with Crippen molar-refractivity contribution in [1.82, 2.24) is 15.0 Å². The summed E-state index contributed by atoms with van der Waals surface area (Å²) >= 11 is 0. The maximum Gasteiger partial charge on any atom is 0.358 e. The van der Waals surface area contributed by atoms with E-state index in [1.165, 1.54) is 0 Å². The number of ether oxygens (including phenoxy) is 1. The number of aromatic nitrogens is 3. The van der Waals surface area contributed by atoms with Crippen LogP contribution in [0.4, 0.5) is 0 Å². The highest BCUT2D eigenvalue weighted by molar-refractivity contribution is 5.86. The summed E-state index contributed by atoms with van der Waals surface area (Å²) in [5.41, 5.74) is 0.579. The lowest BCUT2D eigenvalue weighted by Gasteiger charge is -2.32. The maximum absolute atomic E-state index is 11.1. The largest absolute Gasteiger partial charge is 0.476 e. The molecule has 1 heterocycles. The minimum absolute atomic E-state index is 0.00752. The van der Waals surface area contributed by atoms with Crippen molar-refractivity contribution in [2.24, 2.45) is 11.8 Å². The van der Waals surface area contributed by atoms with Gasteiger partial charge in [-0.25, -0.2) is 9.48 Å². The Hall–Kier alpha value is -1.43. The van der Waals surface area contributed by atoms with Crippen LogP contribution >= 0.6 is 0 Å². The Morgan fingerprint density at radius 2 is 2.16 bits per heavy atom. The quantitative estimate of drug-likeness (QED) is 0.904. The van der Waals surface area contributed by atoms with E-state index in [0.29, 0.717) is 17.5 Å². The third kappa shape index (κ3) is 2.78. The molecule has 1 aromatic heterocycles. The lowest BCUT2D eigenvalue weighted by Crippen LogP contribution is -2.25. The summed E-state index contributed by atoms with van der Waals surface area (Å²) in [5.74, 6) is 0.284. The van der Waals surface area contributed by atoms with Crippen molar-refractivity contribution in [2.75, 3.05) is 7.11 Å². The monoisotopic (exact) mass is 267 g/mol. The Labute approximate surface area is 112 Å². The van der Waals surface area contributed by atoms with Crippen molar-refractivity contribution in [2.45, 2.75) is 45.8 Å². The molecule has 0 aliphatic heterocycles. The number of hydrogen-bond acceptors (Lipinski definition) is 4. The van der Waals surface area contributed by atoms with Gasteiger partial charge in [-0.15, -0.1) is 5.10 Å². The summed E-state index contributed by atoms with van der Waals surface area (Å²) in [5, 5.41) is 17.0. The molecular formula is C13H21N3O3.